The van der Waals surface area contributed by atoms with Crippen molar-refractivity contribution in [1.82, 2.24) is 9.80 Å². The second-order valence-corrected chi connectivity index (χ2v) is 8.25. The van der Waals surface area contributed by atoms with Gasteiger partial charge in [0, 0.05) is 32.7 Å². The van der Waals surface area contributed by atoms with Gasteiger partial charge in [0.2, 0.25) is 0 Å². The number of nitrogens with zero attached hydrogens (tertiary/aromatic N) is 2. The van der Waals surface area contributed by atoms with E-state index in [2.05, 4.69) is 101 Å². The largest absolute Gasteiger partial charge is 0.369 e. The van der Waals surface area contributed by atoms with Gasteiger partial charge in [-0.25, -0.2) is 0 Å². The SMILES string of the molecule is c1ccc(CN2C[C@H]3CN(Cc4ccccc4)[C@@H](c4ccccc4)[C@@H](C2)O3)cc1. The summed E-state index contributed by atoms with van der Waals surface area (Å²) in [6.45, 7) is 4.90. The zero-order chi connectivity index (χ0) is 19.5. The average molecular weight is 385 g/mol. The monoisotopic (exact) mass is 384 g/mol. The topological polar surface area (TPSA) is 15.7 Å². The summed E-state index contributed by atoms with van der Waals surface area (Å²) in [7, 11) is 0. The third-order valence-electron chi connectivity index (χ3n) is 6.07. The molecule has 3 atom stereocenters. The highest BCUT2D eigenvalue weighted by molar-refractivity contribution is 5.23. The van der Waals surface area contributed by atoms with E-state index in [0.717, 1.165) is 32.7 Å². The van der Waals surface area contributed by atoms with Crippen LogP contribution >= 0.6 is 0 Å². The molecule has 0 aliphatic carbocycles. The Bertz CT molecular complexity index is 898. The van der Waals surface area contributed by atoms with Crippen LogP contribution in [0.15, 0.2) is 91.0 Å². The number of fused-ring (bicyclic) bond motifs is 2. The molecule has 0 spiro atoms. The normalized spacial score (nSPS) is 25.0. The molecule has 3 aromatic carbocycles. The van der Waals surface area contributed by atoms with Gasteiger partial charge < -0.3 is 4.74 Å². The molecule has 2 aliphatic rings. The molecule has 0 saturated carbocycles. The molecule has 29 heavy (non-hydrogen) atoms. The molecule has 2 saturated heterocycles. The van der Waals surface area contributed by atoms with Crippen molar-refractivity contribution in [1.29, 1.82) is 0 Å². The molecule has 2 bridgehead atoms. The van der Waals surface area contributed by atoms with Crippen LogP contribution in [0.4, 0.5) is 0 Å². The number of benzene rings is 3. The standard InChI is InChI=1S/C26H28N2O/c1-4-10-21(11-5-1)16-27-18-24-19-28(17-22-12-6-2-7-13-22)26(25(20-27)29-24)23-14-8-3-9-15-23/h1-15,24-26H,16-20H2/t24-,25+,26-/m0/s1. The number of morpholine rings is 2. The molecule has 3 aromatic rings. The van der Waals surface area contributed by atoms with Crippen molar-refractivity contribution in [2.24, 2.45) is 0 Å². The van der Waals surface area contributed by atoms with Gasteiger partial charge in [0.25, 0.3) is 0 Å². The first-order valence-electron chi connectivity index (χ1n) is 10.6. The van der Waals surface area contributed by atoms with Crippen LogP contribution in [0.1, 0.15) is 22.7 Å². The maximum atomic E-state index is 6.54. The number of rotatable bonds is 5. The quantitative estimate of drug-likeness (QED) is 0.644. The van der Waals surface area contributed by atoms with Crippen molar-refractivity contribution in [2.75, 3.05) is 19.6 Å². The van der Waals surface area contributed by atoms with Gasteiger partial charge in [0.15, 0.2) is 0 Å². The van der Waals surface area contributed by atoms with Gasteiger partial charge in [-0.2, -0.15) is 0 Å². The van der Waals surface area contributed by atoms with E-state index in [1.165, 1.54) is 16.7 Å². The lowest BCUT2D eigenvalue weighted by atomic mass is 9.93. The molecule has 0 unspecified atom stereocenters. The van der Waals surface area contributed by atoms with E-state index in [1.807, 2.05) is 0 Å². The minimum atomic E-state index is 0.192. The summed E-state index contributed by atoms with van der Waals surface area (Å²) in [5, 5.41) is 0. The van der Waals surface area contributed by atoms with Gasteiger partial charge in [-0.05, 0) is 16.7 Å². The van der Waals surface area contributed by atoms with Crippen LogP contribution in [0, 0.1) is 0 Å². The average Bonchev–Trinajstić information content (AvgIpc) is 2.76. The smallest absolute Gasteiger partial charge is 0.0903 e. The maximum absolute atomic E-state index is 6.54. The van der Waals surface area contributed by atoms with Crippen molar-refractivity contribution in [3.8, 4) is 0 Å². The predicted molar refractivity (Wildman–Crippen MR) is 116 cm³/mol. The molecule has 3 nitrogen and oxygen atoms in total. The highest BCUT2D eigenvalue weighted by Gasteiger charge is 2.42. The summed E-state index contributed by atoms with van der Waals surface area (Å²) < 4.78 is 6.54. The Kier molecular flexibility index (Phi) is 5.44. The molecule has 148 valence electrons. The first kappa shape index (κ1) is 18.6. The summed E-state index contributed by atoms with van der Waals surface area (Å²) in [6.07, 6.45) is 0.457. The van der Waals surface area contributed by atoms with E-state index in [-0.39, 0.29) is 18.2 Å². The van der Waals surface area contributed by atoms with Crippen molar-refractivity contribution < 1.29 is 4.74 Å². The Labute approximate surface area is 173 Å². The second-order valence-electron chi connectivity index (χ2n) is 8.25. The van der Waals surface area contributed by atoms with Crippen molar-refractivity contribution in [3.05, 3.63) is 108 Å². The van der Waals surface area contributed by atoms with E-state index < -0.39 is 0 Å². The van der Waals surface area contributed by atoms with Crippen molar-refractivity contribution in [3.63, 3.8) is 0 Å². The lowest BCUT2D eigenvalue weighted by Crippen LogP contribution is -2.60. The molecule has 0 N–H and O–H groups in total. The maximum Gasteiger partial charge on any atom is 0.0903 e. The number of hydrogen-bond acceptors (Lipinski definition) is 3. The first-order valence-corrected chi connectivity index (χ1v) is 10.6. The van der Waals surface area contributed by atoms with Crippen LogP contribution in [0.2, 0.25) is 0 Å². The third-order valence-corrected chi connectivity index (χ3v) is 6.07. The van der Waals surface area contributed by atoms with E-state index in [4.69, 9.17) is 4.74 Å². The Hall–Kier alpha value is -2.46. The van der Waals surface area contributed by atoms with Crippen LogP contribution in [-0.4, -0.2) is 41.6 Å². The Morgan fingerprint density at radius 2 is 1.24 bits per heavy atom. The zero-order valence-electron chi connectivity index (χ0n) is 16.7. The van der Waals surface area contributed by atoms with Crippen LogP contribution in [0.3, 0.4) is 0 Å². The fourth-order valence-electron chi connectivity index (χ4n) is 4.86. The summed E-state index contributed by atoms with van der Waals surface area (Å²) in [6, 6.07) is 32.8. The molecule has 0 aromatic heterocycles. The Balaban J connectivity index is 1.39. The summed E-state index contributed by atoms with van der Waals surface area (Å²) in [5.74, 6) is 0. The van der Waals surface area contributed by atoms with E-state index in [0.29, 0.717) is 0 Å². The molecule has 3 heteroatoms. The third kappa shape index (κ3) is 4.27. The molecule has 2 fully saturated rings. The Morgan fingerprint density at radius 3 is 1.90 bits per heavy atom. The molecule has 0 radical (unpaired) electrons. The molecular formula is C26H28N2O. The van der Waals surface area contributed by atoms with Crippen molar-refractivity contribution in [2.45, 2.75) is 31.3 Å². The van der Waals surface area contributed by atoms with Crippen LogP contribution in [0.5, 0.6) is 0 Å². The lowest BCUT2D eigenvalue weighted by Gasteiger charge is -2.51. The Morgan fingerprint density at radius 1 is 0.655 bits per heavy atom. The van der Waals surface area contributed by atoms with E-state index in [9.17, 15) is 0 Å². The van der Waals surface area contributed by atoms with Gasteiger partial charge in [0.05, 0.1) is 18.2 Å². The lowest BCUT2D eigenvalue weighted by molar-refractivity contribution is -0.171. The summed E-state index contributed by atoms with van der Waals surface area (Å²) >= 11 is 0. The van der Waals surface area contributed by atoms with E-state index >= 15 is 0 Å². The molecule has 2 heterocycles. The minimum absolute atomic E-state index is 0.192. The minimum Gasteiger partial charge on any atom is -0.369 e. The highest BCUT2D eigenvalue weighted by Crippen LogP contribution is 2.36. The second kappa shape index (κ2) is 8.50. The summed E-state index contributed by atoms with van der Waals surface area (Å²) in [4.78, 5) is 5.20. The molecule has 0 amide bonds. The number of ether oxygens (including phenoxy) is 1. The molecule has 2 aliphatic heterocycles. The molecule has 5 rings (SSSR count). The van der Waals surface area contributed by atoms with Crippen molar-refractivity contribution >= 4 is 0 Å². The van der Waals surface area contributed by atoms with E-state index in [1.54, 1.807) is 0 Å². The zero-order valence-corrected chi connectivity index (χ0v) is 16.7. The van der Waals surface area contributed by atoms with Gasteiger partial charge in [0.1, 0.15) is 0 Å². The predicted octanol–water partition coefficient (Wildman–Crippen LogP) is 4.51. The van der Waals surface area contributed by atoms with Gasteiger partial charge in [-0.3, -0.25) is 9.80 Å². The fourth-order valence-corrected chi connectivity index (χ4v) is 4.86. The highest BCUT2D eigenvalue weighted by atomic mass is 16.5. The molecular weight excluding hydrogens is 356 g/mol. The van der Waals surface area contributed by atoms with Gasteiger partial charge in [-0.15, -0.1) is 0 Å². The van der Waals surface area contributed by atoms with Crippen LogP contribution in [0.25, 0.3) is 0 Å². The first-order chi connectivity index (χ1) is 14.3. The van der Waals surface area contributed by atoms with Crippen LogP contribution in [-0.2, 0) is 17.8 Å². The number of hydrogen-bond donors (Lipinski definition) is 0. The summed E-state index contributed by atoms with van der Waals surface area (Å²) in [5.41, 5.74) is 4.10. The van der Waals surface area contributed by atoms with Crippen LogP contribution < -0.4 is 0 Å². The fraction of sp³-hybridized carbons (Fsp3) is 0.308. The van der Waals surface area contributed by atoms with Gasteiger partial charge >= 0.3 is 0 Å². The van der Waals surface area contributed by atoms with Gasteiger partial charge in [-0.1, -0.05) is 91.0 Å².